The second-order valence-corrected chi connectivity index (χ2v) is 6.56. The number of hydrogen-bond donors (Lipinski definition) is 0. The summed E-state index contributed by atoms with van der Waals surface area (Å²) in [6.45, 7) is 9.99. The van der Waals surface area contributed by atoms with Crippen molar-refractivity contribution >= 4 is 6.29 Å². The lowest BCUT2D eigenvalue weighted by molar-refractivity contribution is -0.119. The van der Waals surface area contributed by atoms with Gasteiger partial charge in [0.2, 0.25) is 0 Å². The van der Waals surface area contributed by atoms with Crippen molar-refractivity contribution in [2.45, 2.75) is 59.4 Å². The van der Waals surface area contributed by atoms with Crippen LogP contribution in [0.3, 0.4) is 0 Å². The van der Waals surface area contributed by atoms with Crippen molar-refractivity contribution in [1.29, 1.82) is 0 Å². The molecule has 1 rings (SSSR count). The van der Waals surface area contributed by atoms with E-state index in [0.29, 0.717) is 12.0 Å². The molecule has 1 saturated carbocycles. The minimum absolute atomic E-state index is 0.0651. The molecule has 2 heteroatoms. The first-order chi connectivity index (χ1) is 7.90. The molecule has 0 aromatic rings. The summed E-state index contributed by atoms with van der Waals surface area (Å²) in [5.41, 5.74) is -0.0651. The zero-order chi connectivity index (χ0) is 13.1. The van der Waals surface area contributed by atoms with E-state index in [1.165, 1.54) is 19.1 Å². The summed E-state index contributed by atoms with van der Waals surface area (Å²) in [4.78, 5) is 13.9. The first kappa shape index (κ1) is 14.7. The van der Waals surface area contributed by atoms with Gasteiger partial charge in [0.15, 0.2) is 0 Å². The summed E-state index contributed by atoms with van der Waals surface area (Å²) in [6, 6.07) is 0.547. The summed E-state index contributed by atoms with van der Waals surface area (Å²) in [5, 5.41) is 0. The van der Waals surface area contributed by atoms with Crippen LogP contribution in [0.15, 0.2) is 0 Å². The van der Waals surface area contributed by atoms with Gasteiger partial charge in [-0.2, -0.15) is 0 Å². The van der Waals surface area contributed by atoms with Gasteiger partial charge in [-0.15, -0.1) is 0 Å². The molecule has 0 saturated heterocycles. The molecular weight excluding hydrogens is 210 g/mol. The summed E-state index contributed by atoms with van der Waals surface area (Å²) < 4.78 is 0. The van der Waals surface area contributed by atoms with Crippen molar-refractivity contribution in [3.8, 4) is 0 Å². The molecule has 0 spiro atoms. The highest BCUT2D eigenvalue weighted by atomic mass is 16.1. The molecule has 1 aliphatic rings. The van der Waals surface area contributed by atoms with E-state index in [2.05, 4.69) is 39.6 Å². The molecule has 1 aliphatic carbocycles. The van der Waals surface area contributed by atoms with E-state index < -0.39 is 0 Å². The van der Waals surface area contributed by atoms with Gasteiger partial charge in [0.05, 0.1) is 0 Å². The Bertz CT molecular complexity index is 241. The molecule has 1 fully saturated rings. The fourth-order valence-electron chi connectivity index (χ4n) is 2.80. The number of hydrogen-bond acceptors (Lipinski definition) is 2. The summed E-state index contributed by atoms with van der Waals surface area (Å²) in [7, 11) is 2.16. The summed E-state index contributed by atoms with van der Waals surface area (Å²) in [5.74, 6) is 1.45. The zero-order valence-electron chi connectivity index (χ0n) is 12.2. The molecule has 1 unspecified atom stereocenters. The lowest BCUT2D eigenvalue weighted by atomic mass is 9.71. The quantitative estimate of drug-likeness (QED) is 0.686. The Labute approximate surface area is 107 Å². The summed E-state index contributed by atoms with van der Waals surface area (Å²) >= 11 is 0. The Balaban J connectivity index is 2.60. The molecule has 0 aliphatic heterocycles. The van der Waals surface area contributed by atoms with Crippen LogP contribution < -0.4 is 0 Å². The molecule has 0 radical (unpaired) electrons. The highest BCUT2D eigenvalue weighted by Crippen LogP contribution is 2.38. The van der Waals surface area contributed by atoms with Crippen molar-refractivity contribution in [3.63, 3.8) is 0 Å². The zero-order valence-corrected chi connectivity index (χ0v) is 12.2. The molecule has 0 amide bonds. The van der Waals surface area contributed by atoms with E-state index in [1.807, 2.05) is 0 Å². The minimum Gasteiger partial charge on any atom is -0.303 e. The van der Waals surface area contributed by atoms with Crippen LogP contribution in [0.2, 0.25) is 0 Å². The Morgan fingerprint density at radius 2 is 1.82 bits per heavy atom. The first-order valence-electron chi connectivity index (χ1n) is 7.07. The van der Waals surface area contributed by atoms with Crippen LogP contribution in [0.1, 0.15) is 53.4 Å². The van der Waals surface area contributed by atoms with Crippen molar-refractivity contribution in [2.24, 2.45) is 17.3 Å². The fraction of sp³-hybridized carbons (Fsp3) is 0.933. The molecule has 0 bridgehead atoms. The third-order valence-electron chi connectivity index (χ3n) is 4.74. The fourth-order valence-corrected chi connectivity index (χ4v) is 2.80. The lowest BCUT2D eigenvalue weighted by Gasteiger charge is -2.40. The number of nitrogens with zero attached hydrogens (tertiary/aromatic N) is 1. The molecule has 17 heavy (non-hydrogen) atoms. The molecule has 0 aromatic heterocycles. The standard InChI is InChI=1S/C15H29NO/c1-12(2)14(4)16(5)10-15(11-17)8-6-13(3)7-9-15/h11-14H,6-10H2,1-5H3. The predicted octanol–water partition coefficient (Wildman–Crippen LogP) is 3.36. The summed E-state index contributed by atoms with van der Waals surface area (Å²) in [6.07, 6.45) is 5.81. The molecule has 2 nitrogen and oxygen atoms in total. The maximum absolute atomic E-state index is 11.5. The van der Waals surface area contributed by atoms with Gasteiger partial charge >= 0.3 is 0 Å². The maximum Gasteiger partial charge on any atom is 0.127 e. The van der Waals surface area contributed by atoms with E-state index in [9.17, 15) is 4.79 Å². The Hall–Kier alpha value is -0.370. The second-order valence-electron chi connectivity index (χ2n) is 6.56. The van der Waals surface area contributed by atoms with Gasteiger partial charge in [0, 0.05) is 18.0 Å². The first-order valence-corrected chi connectivity index (χ1v) is 7.07. The van der Waals surface area contributed by atoms with Gasteiger partial charge < -0.3 is 9.69 Å². The van der Waals surface area contributed by atoms with E-state index >= 15 is 0 Å². The topological polar surface area (TPSA) is 20.3 Å². The van der Waals surface area contributed by atoms with Gasteiger partial charge in [-0.05, 0) is 51.5 Å². The third kappa shape index (κ3) is 3.80. The van der Waals surface area contributed by atoms with Gasteiger partial charge in [0.25, 0.3) is 0 Å². The van der Waals surface area contributed by atoms with Gasteiger partial charge in [-0.25, -0.2) is 0 Å². The third-order valence-corrected chi connectivity index (χ3v) is 4.74. The Kier molecular flexibility index (Phi) is 5.18. The number of aldehydes is 1. The van der Waals surface area contributed by atoms with Crippen LogP contribution in [0.5, 0.6) is 0 Å². The molecule has 0 heterocycles. The van der Waals surface area contributed by atoms with E-state index in [0.717, 1.165) is 25.3 Å². The minimum atomic E-state index is -0.0651. The SMILES string of the molecule is CC1CCC(C=O)(CN(C)C(C)C(C)C)CC1. The van der Waals surface area contributed by atoms with Crippen LogP contribution in [0.4, 0.5) is 0 Å². The van der Waals surface area contributed by atoms with Crippen molar-refractivity contribution in [1.82, 2.24) is 4.90 Å². The number of carbonyl (C=O) groups is 1. The molecule has 100 valence electrons. The van der Waals surface area contributed by atoms with Gasteiger partial charge in [-0.3, -0.25) is 0 Å². The average molecular weight is 239 g/mol. The number of carbonyl (C=O) groups excluding carboxylic acids is 1. The average Bonchev–Trinajstić information content (AvgIpc) is 2.31. The Morgan fingerprint density at radius 1 is 1.29 bits per heavy atom. The van der Waals surface area contributed by atoms with Gasteiger partial charge in [0.1, 0.15) is 6.29 Å². The van der Waals surface area contributed by atoms with Crippen LogP contribution in [-0.2, 0) is 4.79 Å². The van der Waals surface area contributed by atoms with E-state index in [4.69, 9.17) is 0 Å². The Morgan fingerprint density at radius 3 is 2.24 bits per heavy atom. The molecule has 0 N–H and O–H groups in total. The molecule has 1 atom stereocenters. The largest absolute Gasteiger partial charge is 0.303 e. The van der Waals surface area contributed by atoms with E-state index in [-0.39, 0.29) is 5.41 Å². The number of rotatable bonds is 5. The highest BCUT2D eigenvalue weighted by Gasteiger charge is 2.35. The van der Waals surface area contributed by atoms with Crippen LogP contribution in [0, 0.1) is 17.3 Å². The van der Waals surface area contributed by atoms with Crippen LogP contribution >= 0.6 is 0 Å². The van der Waals surface area contributed by atoms with Gasteiger partial charge in [-0.1, -0.05) is 20.8 Å². The highest BCUT2D eigenvalue weighted by molar-refractivity contribution is 5.60. The maximum atomic E-state index is 11.5. The van der Waals surface area contributed by atoms with Crippen molar-refractivity contribution in [2.75, 3.05) is 13.6 Å². The van der Waals surface area contributed by atoms with Crippen LogP contribution in [0.25, 0.3) is 0 Å². The van der Waals surface area contributed by atoms with Crippen molar-refractivity contribution in [3.05, 3.63) is 0 Å². The monoisotopic (exact) mass is 239 g/mol. The van der Waals surface area contributed by atoms with Crippen LogP contribution in [-0.4, -0.2) is 30.8 Å². The predicted molar refractivity (Wildman–Crippen MR) is 73.1 cm³/mol. The van der Waals surface area contributed by atoms with Crippen molar-refractivity contribution < 1.29 is 4.79 Å². The second kappa shape index (κ2) is 5.99. The van der Waals surface area contributed by atoms with E-state index in [1.54, 1.807) is 0 Å². The normalized spacial score (nSPS) is 31.8. The molecular formula is C15H29NO. The lowest BCUT2D eigenvalue weighted by Crippen LogP contribution is -2.44. The molecule has 0 aromatic carbocycles. The smallest absolute Gasteiger partial charge is 0.127 e.